The Morgan fingerprint density at radius 3 is 2.59 bits per heavy atom. The lowest BCUT2D eigenvalue weighted by atomic mass is 9.80. The van der Waals surface area contributed by atoms with Crippen molar-refractivity contribution in [2.75, 3.05) is 4.90 Å². The van der Waals surface area contributed by atoms with Crippen molar-refractivity contribution < 1.29 is 9.72 Å². The second-order valence-corrected chi connectivity index (χ2v) is 8.16. The molecule has 1 aliphatic heterocycles. The van der Waals surface area contributed by atoms with E-state index in [0.29, 0.717) is 5.57 Å². The maximum absolute atomic E-state index is 12.4. The van der Waals surface area contributed by atoms with Crippen molar-refractivity contribution >= 4 is 17.0 Å². The molecule has 0 aromatic heterocycles. The Bertz CT molecular complexity index is 1260. The molecule has 0 bridgehead atoms. The summed E-state index contributed by atoms with van der Waals surface area (Å²) in [6.07, 6.45) is 10.8. The number of anilines is 1. The van der Waals surface area contributed by atoms with Crippen LogP contribution >= 0.6 is 0 Å². The molecule has 0 saturated carbocycles. The van der Waals surface area contributed by atoms with Gasteiger partial charge in [-0.2, -0.15) is 0 Å². The molecule has 158 valence electrons. The first-order chi connectivity index (χ1) is 15.6. The fourth-order valence-electron chi connectivity index (χ4n) is 4.60. The third kappa shape index (κ3) is 3.73. The minimum Gasteiger partial charge on any atom is -0.343 e. The van der Waals surface area contributed by atoms with Gasteiger partial charge in [0.1, 0.15) is 0 Å². The summed E-state index contributed by atoms with van der Waals surface area (Å²) in [6.45, 7) is 0.781. The van der Waals surface area contributed by atoms with Crippen molar-refractivity contribution in [3.8, 4) is 0 Å². The smallest absolute Gasteiger partial charge is 0.270 e. The second-order valence-electron chi connectivity index (χ2n) is 8.16. The fourth-order valence-corrected chi connectivity index (χ4v) is 4.60. The molecule has 3 aliphatic rings. The number of carbonyl (C=O) groups is 1. The number of para-hydroxylation sites is 1. The Morgan fingerprint density at radius 2 is 1.78 bits per heavy atom. The van der Waals surface area contributed by atoms with E-state index in [-0.39, 0.29) is 11.5 Å². The fraction of sp³-hybridized carbons (Fsp3) is 0.148. The molecule has 1 heterocycles. The highest BCUT2D eigenvalue weighted by Gasteiger charge is 2.27. The maximum atomic E-state index is 12.4. The van der Waals surface area contributed by atoms with E-state index in [2.05, 4.69) is 47.5 Å². The van der Waals surface area contributed by atoms with Crippen LogP contribution in [0.2, 0.25) is 0 Å². The molecule has 0 fully saturated rings. The third-order valence-corrected chi connectivity index (χ3v) is 6.06. The molecule has 0 spiro atoms. The van der Waals surface area contributed by atoms with Gasteiger partial charge in [-0.15, -0.1) is 0 Å². The number of carbonyl (C=O) groups excluding carboxylic acids is 1. The zero-order valence-electron chi connectivity index (χ0n) is 17.5. The summed E-state index contributed by atoms with van der Waals surface area (Å²) in [6, 6.07) is 18.7. The Morgan fingerprint density at radius 1 is 1.00 bits per heavy atom. The molecule has 0 radical (unpaired) electrons. The van der Waals surface area contributed by atoms with Gasteiger partial charge in [-0.05, 0) is 59.8 Å². The van der Waals surface area contributed by atoms with Crippen molar-refractivity contribution in [1.29, 1.82) is 0 Å². The lowest BCUT2D eigenvalue weighted by Crippen LogP contribution is -2.23. The van der Waals surface area contributed by atoms with E-state index in [4.69, 9.17) is 0 Å². The van der Waals surface area contributed by atoms with Gasteiger partial charge in [0.25, 0.3) is 5.70 Å². The van der Waals surface area contributed by atoms with E-state index in [1.165, 1.54) is 29.4 Å². The Kier molecular flexibility index (Phi) is 5.15. The van der Waals surface area contributed by atoms with Crippen molar-refractivity contribution in [2.45, 2.75) is 25.8 Å². The van der Waals surface area contributed by atoms with Crippen LogP contribution < -0.4 is 4.90 Å². The monoisotopic (exact) mass is 422 g/mol. The summed E-state index contributed by atoms with van der Waals surface area (Å²) in [5.74, 6) is -0.199. The highest BCUT2D eigenvalue weighted by Crippen LogP contribution is 2.45. The van der Waals surface area contributed by atoms with Crippen molar-refractivity contribution in [3.63, 3.8) is 0 Å². The van der Waals surface area contributed by atoms with Crippen molar-refractivity contribution in [2.24, 2.45) is 0 Å². The summed E-state index contributed by atoms with van der Waals surface area (Å²) in [7, 11) is 0. The zero-order valence-corrected chi connectivity index (χ0v) is 17.5. The number of ketones is 1. The highest BCUT2D eigenvalue weighted by atomic mass is 16.6. The second kappa shape index (κ2) is 8.27. The third-order valence-electron chi connectivity index (χ3n) is 6.06. The van der Waals surface area contributed by atoms with Gasteiger partial charge < -0.3 is 4.90 Å². The first-order valence-electron chi connectivity index (χ1n) is 10.7. The van der Waals surface area contributed by atoms with Gasteiger partial charge in [0.15, 0.2) is 5.78 Å². The van der Waals surface area contributed by atoms with E-state index in [1.54, 1.807) is 0 Å². The number of nitrogens with zero attached hydrogens (tertiary/aromatic N) is 2. The lowest BCUT2D eigenvalue weighted by molar-refractivity contribution is -0.419. The molecule has 5 nitrogen and oxygen atoms in total. The quantitative estimate of drug-likeness (QED) is 0.357. The van der Waals surface area contributed by atoms with Gasteiger partial charge in [0, 0.05) is 41.7 Å². The van der Waals surface area contributed by atoms with E-state index in [0.717, 1.165) is 48.2 Å². The molecular formula is C27H22N2O3. The lowest BCUT2D eigenvalue weighted by Gasteiger charge is -2.34. The van der Waals surface area contributed by atoms with Crippen LogP contribution in [0, 0.1) is 10.1 Å². The molecule has 0 N–H and O–H groups in total. The number of allylic oxidation sites excluding steroid dienone is 8. The SMILES string of the molecule is O=C1C=CC([N+](=O)[O-])=C/C1=C\C1=C2C(=CN(Cc3ccccc3)c3ccccc32)CCC1. The zero-order chi connectivity index (χ0) is 22.1. The van der Waals surface area contributed by atoms with E-state index in [9.17, 15) is 14.9 Å². The highest BCUT2D eigenvalue weighted by molar-refractivity contribution is 6.08. The van der Waals surface area contributed by atoms with Crippen molar-refractivity contribution in [1.82, 2.24) is 0 Å². The van der Waals surface area contributed by atoms with Crippen LogP contribution in [0.3, 0.4) is 0 Å². The van der Waals surface area contributed by atoms with E-state index >= 15 is 0 Å². The molecule has 2 aliphatic carbocycles. The molecule has 0 atom stereocenters. The van der Waals surface area contributed by atoms with Crippen molar-refractivity contribution in [3.05, 3.63) is 129 Å². The Hall–Kier alpha value is -3.99. The predicted octanol–water partition coefficient (Wildman–Crippen LogP) is 5.75. The van der Waals surface area contributed by atoms with Gasteiger partial charge in [-0.1, -0.05) is 48.5 Å². The minimum atomic E-state index is -0.460. The summed E-state index contributed by atoms with van der Waals surface area (Å²) < 4.78 is 0. The predicted molar refractivity (Wildman–Crippen MR) is 125 cm³/mol. The van der Waals surface area contributed by atoms with Gasteiger partial charge in [0.2, 0.25) is 0 Å². The molecular weight excluding hydrogens is 400 g/mol. The van der Waals surface area contributed by atoms with E-state index < -0.39 is 4.92 Å². The molecule has 0 saturated heterocycles. The molecule has 2 aromatic rings. The number of benzene rings is 2. The average Bonchev–Trinajstić information content (AvgIpc) is 2.81. The molecule has 0 unspecified atom stereocenters. The summed E-state index contributed by atoms with van der Waals surface area (Å²) in [5.41, 5.74) is 7.28. The van der Waals surface area contributed by atoms with Crippen LogP contribution in [0.15, 0.2) is 108 Å². The van der Waals surface area contributed by atoms with Gasteiger partial charge >= 0.3 is 0 Å². The Balaban J connectivity index is 1.61. The normalized spacial score (nSPS) is 18.8. The van der Waals surface area contributed by atoms with Gasteiger partial charge in [-0.3, -0.25) is 14.9 Å². The van der Waals surface area contributed by atoms with Crippen LogP contribution in [0.1, 0.15) is 30.4 Å². The Labute approximate surface area is 186 Å². The number of hydrogen-bond donors (Lipinski definition) is 0. The van der Waals surface area contributed by atoms with Gasteiger partial charge in [-0.25, -0.2) is 0 Å². The maximum Gasteiger partial charge on any atom is 0.270 e. The summed E-state index contributed by atoms with van der Waals surface area (Å²) in [5, 5.41) is 11.2. The van der Waals surface area contributed by atoms with E-state index in [1.807, 2.05) is 24.3 Å². The molecule has 0 amide bonds. The summed E-state index contributed by atoms with van der Waals surface area (Å²) in [4.78, 5) is 25.5. The minimum absolute atomic E-state index is 0.0638. The standard InChI is InChI=1S/C27H22N2O3/c30-26-14-13-23(29(31)32)16-22(26)15-20-9-6-10-21-18-28(17-19-7-2-1-3-8-19)25-12-5-4-11-24(25)27(20)21/h1-5,7-8,11-16,18H,6,9-10,17H2/b22-15+. The van der Waals surface area contributed by atoms with Gasteiger partial charge in [0.05, 0.1) is 4.92 Å². The number of fused-ring (bicyclic) bond motifs is 3. The van der Waals surface area contributed by atoms with Crippen LogP contribution in [0.4, 0.5) is 5.69 Å². The largest absolute Gasteiger partial charge is 0.343 e. The topological polar surface area (TPSA) is 63.4 Å². The average molecular weight is 422 g/mol. The molecule has 2 aromatic carbocycles. The molecule has 32 heavy (non-hydrogen) atoms. The number of nitro groups is 1. The number of rotatable bonds is 4. The van der Waals surface area contributed by atoms with Crippen LogP contribution in [0.5, 0.6) is 0 Å². The first-order valence-corrected chi connectivity index (χ1v) is 10.7. The first kappa shape index (κ1) is 19.9. The van der Waals surface area contributed by atoms with Crippen LogP contribution in [-0.4, -0.2) is 10.7 Å². The van der Waals surface area contributed by atoms with Crippen LogP contribution in [-0.2, 0) is 11.3 Å². The number of hydrogen-bond acceptors (Lipinski definition) is 4. The summed E-state index contributed by atoms with van der Waals surface area (Å²) >= 11 is 0. The molecule has 5 heteroatoms. The van der Waals surface area contributed by atoms with Crippen LogP contribution in [0.25, 0.3) is 5.57 Å². The molecule has 5 rings (SSSR count).